The summed E-state index contributed by atoms with van der Waals surface area (Å²) in [5.74, 6) is 0.320. The molecular weight excluding hydrogens is 437 g/mol. The van der Waals surface area contributed by atoms with E-state index < -0.39 is 0 Å². The predicted molar refractivity (Wildman–Crippen MR) is 126 cm³/mol. The summed E-state index contributed by atoms with van der Waals surface area (Å²) in [5.41, 5.74) is 2.48. The van der Waals surface area contributed by atoms with Crippen LogP contribution in [0.15, 0.2) is 30.7 Å². The van der Waals surface area contributed by atoms with E-state index in [-0.39, 0.29) is 17.3 Å². The first kappa shape index (κ1) is 22.8. The lowest BCUT2D eigenvalue weighted by molar-refractivity contribution is -0.00294. The highest BCUT2D eigenvalue weighted by Crippen LogP contribution is 2.47. The molecule has 0 radical (unpaired) electrons. The Hall–Kier alpha value is -2.94. The Bertz CT molecular complexity index is 1040. The lowest BCUT2D eigenvalue weighted by Gasteiger charge is -2.48. The van der Waals surface area contributed by atoms with Gasteiger partial charge in [-0.25, -0.2) is 9.18 Å². The standard InChI is InChI=1S/C25H32FN5O3/c1-3-34-24(32)31-16-25(17-31)6-4-19(13-25)29-8-10-30(11-9-29)21-12-18(26)14-28-23(21)20-15-27-7-5-22(20)33-2/h5,7,12,14-15,19H,3-4,6,8-11,13,16-17H2,1-2H3/t19-/m1/s1. The fraction of sp³-hybridized carbons (Fsp3) is 0.560. The van der Waals surface area contributed by atoms with Crippen molar-refractivity contribution in [2.45, 2.75) is 32.2 Å². The van der Waals surface area contributed by atoms with E-state index in [2.05, 4.69) is 19.8 Å². The number of anilines is 1. The van der Waals surface area contributed by atoms with E-state index in [1.807, 2.05) is 11.8 Å². The number of rotatable bonds is 5. The van der Waals surface area contributed by atoms with Gasteiger partial charge in [-0.05, 0) is 32.3 Å². The molecule has 5 rings (SSSR count). The number of amides is 1. The molecule has 34 heavy (non-hydrogen) atoms. The first-order valence-electron chi connectivity index (χ1n) is 12.1. The Morgan fingerprint density at radius 3 is 2.76 bits per heavy atom. The highest BCUT2D eigenvalue weighted by molar-refractivity contribution is 5.78. The number of aromatic nitrogens is 2. The van der Waals surface area contributed by atoms with Gasteiger partial charge < -0.3 is 19.3 Å². The quantitative estimate of drug-likeness (QED) is 0.665. The van der Waals surface area contributed by atoms with Crippen LogP contribution in [0.25, 0.3) is 11.3 Å². The van der Waals surface area contributed by atoms with Crippen molar-refractivity contribution in [3.63, 3.8) is 0 Å². The summed E-state index contributed by atoms with van der Waals surface area (Å²) in [4.78, 5) is 27.2. The topological polar surface area (TPSA) is 71.0 Å². The van der Waals surface area contributed by atoms with E-state index in [4.69, 9.17) is 9.47 Å². The monoisotopic (exact) mass is 469 g/mol. The van der Waals surface area contributed by atoms with Crippen LogP contribution in [0.2, 0.25) is 0 Å². The van der Waals surface area contributed by atoms with Crippen LogP contribution < -0.4 is 9.64 Å². The maximum Gasteiger partial charge on any atom is 0.409 e. The molecule has 2 aliphatic heterocycles. The molecule has 1 spiro atoms. The smallest absolute Gasteiger partial charge is 0.409 e. The number of methoxy groups -OCH3 is 1. The average molecular weight is 470 g/mol. The second-order valence-electron chi connectivity index (χ2n) is 9.57. The van der Waals surface area contributed by atoms with E-state index in [9.17, 15) is 9.18 Å². The molecule has 4 heterocycles. The van der Waals surface area contributed by atoms with Gasteiger partial charge >= 0.3 is 6.09 Å². The Kier molecular flexibility index (Phi) is 6.29. The zero-order valence-corrected chi connectivity index (χ0v) is 19.9. The third kappa shape index (κ3) is 4.29. The summed E-state index contributed by atoms with van der Waals surface area (Å²) < 4.78 is 24.8. The van der Waals surface area contributed by atoms with Crippen LogP contribution >= 0.6 is 0 Å². The van der Waals surface area contributed by atoms with Crippen LogP contribution in [0, 0.1) is 11.2 Å². The lowest BCUT2D eigenvalue weighted by Crippen LogP contribution is -2.58. The van der Waals surface area contributed by atoms with Crippen molar-refractivity contribution in [3.8, 4) is 17.0 Å². The number of piperazine rings is 1. The molecule has 2 aromatic rings. The SMILES string of the molecule is CCOC(=O)N1CC2(CC[C@@H](N3CCN(c4cc(F)cnc4-c4cnccc4OC)CC3)C2)C1. The van der Waals surface area contributed by atoms with Gasteiger partial charge in [-0.2, -0.15) is 0 Å². The van der Waals surface area contributed by atoms with Crippen molar-refractivity contribution < 1.29 is 18.7 Å². The number of pyridine rings is 2. The second-order valence-corrected chi connectivity index (χ2v) is 9.57. The summed E-state index contributed by atoms with van der Waals surface area (Å²) in [7, 11) is 1.61. The van der Waals surface area contributed by atoms with Crippen LogP contribution in [-0.2, 0) is 4.74 Å². The number of nitrogens with zero attached hydrogens (tertiary/aromatic N) is 5. The molecule has 1 aliphatic carbocycles. The van der Waals surface area contributed by atoms with Crippen molar-refractivity contribution in [2.24, 2.45) is 5.41 Å². The molecule has 3 aliphatic rings. The van der Waals surface area contributed by atoms with Gasteiger partial charge in [0.25, 0.3) is 0 Å². The van der Waals surface area contributed by atoms with Crippen LogP contribution in [0.5, 0.6) is 5.75 Å². The van der Waals surface area contributed by atoms with Gasteiger partial charge in [0.15, 0.2) is 0 Å². The largest absolute Gasteiger partial charge is 0.496 e. The number of carbonyl (C=O) groups excluding carboxylic acids is 1. The van der Waals surface area contributed by atoms with E-state index in [1.54, 1.807) is 31.6 Å². The molecule has 0 unspecified atom stereocenters. The molecule has 2 saturated heterocycles. The first-order valence-corrected chi connectivity index (χ1v) is 12.1. The van der Waals surface area contributed by atoms with Crippen LogP contribution in [0.4, 0.5) is 14.9 Å². The maximum atomic E-state index is 14.2. The van der Waals surface area contributed by atoms with Crippen LogP contribution in [0.3, 0.4) is 0 Å². The van der Waals surface area contributed by atoms with Crippen molar-refractivity contribution >= 4 is 11.8 Å². The van der Waals surface area contributed by atoms with E-state index in [0.29, 0.717) is 24.1 Å². The van der Waals surface area contributed by atoms with Crippen molar-refractivity contribution in [2.75, 3.05) is 57.9 Å². The fourth-order valence-electron chi connectivity index (χ4n) is 5.83. The van der Waals surface area contributed by atoms with Gasteiger partial charge in [-0.1, -0.05) is 0 Å². The van der Waals surface area contributed by atoms with Gasteiger partial charge in [0.05, 0.1) is 36.9 Å². The summed E-state index contributed by atoms with van der Waals surface area (Å²) >= 11 is 0. The molecule has 182 valence electrons. The number of likely N-dealkylation sites (tertiary alicyclic amines) is 1. The Balaban J connectivity index is 1.23. The molecule has 0 bridgehead atoms. The number of halogens is 1. The summed E-state index contributed by atoms with van der Waals surface area (Å²) in [6.45, 7) is 7.34. The number of ether oxygens (including phenoxy) is 2. The Morgan fingerprint density at radius 2 is 2.03 bits per heavy atom. The number of hydrogen-bond donors (Lipinski definition) is 0. The highest BCUT2D eigenvalue weighted by atomic mass is 19.1. The third-order valence-electron chi connectivity index (χ3n) is 7.52. The van der Waals surface area contributed by atoms with E-state index >= 15 is 0 Å². The lowest BCUT2D eigenvalue weighted by atomic mass is 9.78. The molecule has 1 atom stereocenters. The van der Waals surface area contributed by atoms with Gasteiger partial charge in [-0.3, -0.25) is 14.9 Å². The molecule has 1 saturated carbocycles. The minimum Gasteiger partial charge on any atom is -0.496 e. The van der Waals surface area contributed by atoms with Crippen LogP contribution in [0.1, 0.15) is 26.2 Å². The zero-order chi connectivity index (χ0) is 23.7. The second kappa shape index (κ2) is 9.37. The van der Waals surface area contributed by atoms with Crippen molar-refractivity contribution in [1.82, 2.24) is 19.8 Å². The molecule has 0 N–H and O–H groups in total. The van der Waals surface area contributed by atoms with Crippen LogP contribution in [-0.4, -0.2) is 84.9 Å². The molecule has 2 aromatic heterocycles. The molecule has 0 aromatic carbocycles. The first-order chi connectivity index (χ1) is 16.5. The minimum atomic E-state index is -0.349. The Morgan fingerprint density at radius 1 is 1.24 bits per heavy atom. The van der Waals surface area contributed by atoms with Gasteiger partial charge in [0, 0.05) is 69.2 Å². The van der Waals surface area contributed by atoms with E-state index in [0.717, 1.165) is 69.8 Å². The molecule has 9 heteroatoms. The Labute approximate surface area is 199 Å². The molecular formula is C25H32FN5O3. The number of carbonyl (C=O) groups is 1. The van der Waals surface area contributed by atoms with E-state index in [1.165, 1.54) is 6.20 Å². The number of hydrogen-bond acceptors (Lipinski definition) is 7. The molecule has 3 fully saturated rings. The normalized spacial score (nSPS) is 22.0. The summed E-state index contributed by atoms with van der Waals surface area (Å²) in [6.07, 6.45) is 7.90. The average Bonchev–Trinajstić information content (AvgIpc) is 3.29. The maximum absolute atomic E-state index is 14.2. The summed E-state index contributed by atoms with van der Waals surface area (Å²) in [6, 6.07) is 3.89. The summed E-state index contributed by atoms with van der Waals surface area (Å²) in [5, 5.41) is 0. The molecule has 1 amide bonds. The minimum absolute atomic E-state index is 0.185. The fourth-order valence-corrected chi connectivity index (χ4v) is 5.83. The predicted octanol–water partition coefficient (Wildman–Crippen LogP) is 3.42. The van der Waals surface area contributed by atoms with Gasteiger partial charge in [0.2, 0.25) is 0 Å². The highest BCUT2D eigenvalue weighted by Gasteiger charge is 2.51. The zero-order valence-electron chi connectivity index (χ0n) is 19.9. The van der Waals surface area contributed by atoms with Gasteiger partial charge in [-0.15, -0.1) is 0 Å². The van der Waals surface area contributed by atoms with Crippen molar-refractivity contribution in [1.29, 1.82) is 0 Å². The van der Waals surface area contributed by atoms with Crippen molar-refractivity contribution in [3.05, 3.63) is 36.5 Å². The van der Waals surface area contributed by atoms with Gasteiger partial charge in [0.1, 0.15) is 11.6 Å². The third-order valence-corrected chi connectivity index (χ3v) is 7.52. The molecule has 8 nitrogen and oxygen atoms in total.